The number of anilines is 2. The maximum absolute atomic E-state index is 13.7. The van der Waals surface area contributed by atoms with E-state index in [2.05, 4.69) is 55.8 Å². The number of imidazole rings is 1. The Morgan fingerprint density at radius 2 is 1.95 bits per heavy atom. The Kier molecular flexibility index (Phi) is 6.91. The molecule has 224 valence electrons. The molecule has 4 heterocycles. The summed E-state index contributed by atoms with van der Waals surface area (Å²) in [5.41, 5.74) is 8.55. The van der Waals surface area contributed by atoms with Crippen molar-refractivity contribution in [3.63, 3.8) is 0 Å². The Morgan fingerprint density at radius 3 is 2.67 bits per heavy atom. The van der Waals surface area contributed by atoms with Gasteiger partial charge in [0.1, 0.15) is 11.3 Å². The maximum Gasteiger partial charge on any atom is 0.254 e. The van der Waals surface area contributed by atoms with E-state index in [9.17, 15) is 4.79 Å². The molecule has 2 fully saturated rings. The number of rotatable bonds is 8. The summed E-state index contributed by atoms with van der Waals surface area (Å²) in [4.78, 5) is 20.9. The van der Waals surface area contributed by atoms with Crippen LogP contribution in [0.5, 0.6) is 5.75 Å². The van der Waals surface area contributed by atoms with Crippen molar-refractivity contribution < 1.29 is 9.53 Å². The summed E-state index contributed by atoms with van der Waals surface area (Å²) in [6.07, 6.45) is 5.83. The number of amides is 1. The van der Waals surface area contributed by atoms with Gasteiger partial charge in [0.25, 0.3) is 5.91 Å². The van der Waals surface area contributed by atoms with Crippen molar-refractivity contribution in [2.75, 3.05) is 25.5 Å². The number of carbonyl (C=O) groups is 1. The summed E-state index contributed by atoms with van der Waals surface area (Å²) in [5.74, 6) is 2.82. The second-order valence-electron chi connectivity index (χ2n) is 12.5. The molecule has 1 aliphatic carbocycles. The van der Waals surface area contributed by atoms with Crippen LogP contribution in [0.2, 0.25) is 0 Å². The van der Waals surface area contributed by atoms with Gasteiger partial charge in [0.05, 0.1) is 46.6 Å². The van der Waals surface area contributed by atoms with Crippen LogP contribution in [0.3, 0.4) is 0 Å². The number of ether oxygens (including phenoxy) is 1. The normalized spacial score (nSPS) is 17.2. The Morgan fingerprint density at radius 1 is 1.12 bits per heavy atom. The Labute approximate surface area is 252 Å². The van der Waals surface area contributed by atoms with E-state index in [0.717, 1.165) is 88.7 Å². The van der Waals surface area contributed by atoms with Crippen molar-refractivity contribution in [3.05, 3.63) is 53.3 Å². The van der Waals surface area contributed by atoms with Gasteiger partial charge >= 0.3 is 0 Å². The number of benzene rings is 2. The molecule has 0 spiro atoms. The highest BCUT2D eigenvalue weighted by Gasteiger charge is 2.29. The number of fused-ring (bicyclic) bond motifs is 2. The van der Waals surface area contributed by atoms with Gasteiger partial charge in [0, 0.05) is 37.6 Å². The van der Waals surface area contributed by atoms with Crippen LogP contribution < -0.4 is 10.1 Å². The van der Waals surface area contributed by atoms with Crippen LogP contribution >= 0.6 is 0 Å². The average Bonchev–Trinajstić information content (AvgIpc) is 3.58. The highest BCUT2D eigenvalue weighted by atomic mass is 16.5. The number of nitrogens with one attached hydrogen (secondary N) is 2. The van der Waals surface area contributed by atoms with E-state index in [-0.39, 0.29) is 5.91 Å². The molecular weight excluding hydrogens is 538 g/mol. The fourth-order valence-corrected chi connectivity index (χ4v) is 6.81. The summed E-state index contributed by atoms with van der Waals surface area (Å²) in [5, 5.41) is 12.3. The van der Waals surface area contributed by atoms with Crippen molar-refractivity contribution in [3.8, 4) is 17.3 Å². The van der Waals surface area contributed by atoms with Gasteiger partial charge in [-0.3, -0.25) is 9.89 Å². The molecule has 2 aromatic carbocycles. The molecule has 1 saturated heterocycles. The van der Waals surface area contributed by atoms with Crippen molar-refractivity contribution in [1.82, 2.24) is 29.2 Å². The van der Waals surface area contributed by atoms with Crippen molar-refractivity contribution in [2.45, 2.75) is 59.4 Å². The second kappa shape index (κ2) is 10.8. The highest BCUT2D eigenvalue weighted by Crippen LogP contribution is 2.40. The predicted octanol–water partition coefficient (Wildman–Crippen LogP) is 6.96. The number of aryl methyl sites for hydroxylation is 3. The lowest BCUT2D eigenvalue weighted by molar-refractivity contribution is 0.0671. The third kappa shape index (κ3) is 4.84. The number of hydrogen-bond acceptors (Lipinski definition) is 5. The SMILES string of the molecule is CC[C@@H]1CCCN(C(=O)c2cc(OC)c3c(c2)nc(-c2cc4cccc(Nc5c(C)n[nH]c5C)c4n2CC2CC2)n3C)C1. The van der Waals surface area contributed by atoms with Crippen molar-refractivity contribution in [1.29, 1.82) is 0 Å². The third-order valence-electron chi connectivity index (χ3n) is 9.46. The molecule has 9 heteroatoms. The molecule has 0 radical (unpaired) electrons. The minimum absolute atomic E-state index is 0.0638. The van der Waals surface area contributed by atoms with E-state index in [0.29, 0.717) is 23.1 Å². The number of likely N-dealkylation sites (tertiary alicyclic amines) is 1. The molecule has 43 heavy (non-hydrogen) atoms. The highest BCUT2D eigenvalue weighted by molar-refractivity contribution is 6.01. The quantitative estimate of drug-likeness (QED) is 0.207. The van der Waals surface area contributed by atoms with Gasteiger partial charge < -0.3 is 24.1 Å². The smallest absolute Gasteiger partial charge is 0.254 e. The largest absolute Gasteiger partial charge is 0.494 e. The number of methoxy groups -OCH3 is 1. The van der Waals surface area contributed by atoms with E-state index < -0.39 is 0 Å². The molecule has 3 aromatic heterocycles. The molecule has 0 unspecified atom stereocenters. The van der Waals surface area contributed by atoms with Gasteiger partial charge in [-0.2, -0.15) is 5.10 Å². The monoisotopic (exact) mass is 579 g/mol. The van der Waals surface area contributed by atoms with Crippen molar-refractivity contribution in [2.24, 2.45) is 18.9 Å². The van der Waals surface area contributed by atoms with E-state index in [4.69, 9.17) is 9.72 Å². The van der Waals surface area contributed by atoms with E-state index >= 15 is 0 Å². The number of piperidine rings is 1. The number of carbonyl (C=O) groups excluding carboxylic acids is 1. The van der Waals surface area contributed by atoms with E-state index in [1.807, 2.05) is 37.9 Å². The molecule has 9 nitrogen and oxygen atoms in total. The Hall–Kier alpha value is -4.27. The van der Waals surface area contributed by atoms with E-state index in [1.165, 1.54) is 19.3 Å². The summed E-state index contributed by atoms with van der Waals surface area (Å²) in [6, 6.07) is 12.5. The van der Waals surface area contributed by atoms with Crippen LogP contribution in [0, 0.1) is 25.7 Å². The number of para-hydroxylation sites is 1. The minimum atomic E-state index is 0.0638. The van der Waals surface area contributed by atoms with Gasteiger partial charge in [0.2, 0.25) is 0 Å². The number of H-pyrrole nitrogens is 1. The van der Waals surface area contributed by atoms with Crippen LogP contribution in [0.15, 0.2) is 36.4 Å². The van der Waals surface area contributed by atoms with Crippen LogP contribution in [0.25, 0.3) is 33.5 Å². The first-order chi connectivity index (χ1) is 20.9. The fourth-order valence-electron chi connectivity index (χ4n) is 6.81. The minimum Gasteiger partial charge on any atom is -0.494 e. The molecule has 0 bridgehead atoms. The number of nitrogens with zero attached hydrogens (tertiary/aromatic N) is 5. The van der Waals surface area contributed by atoms with Gasteiger partial charge in [-0.1, -0.05) is 25.5 Å². The van der Waals surface area contributed by atoms with Gasteiger partial charge in [-0.25, -0.2) is 4.98 Å². The molecule has 5 aromatic rings. The fraction of sp³-hybridized carbons (Fsp3) is 0.441. The number of hydrogen-bond donors (Lipinski definition) is 2. The lowest BCUT2D eigenvalue weighted by Gasteiger charge is -2.32. The molecule has 1 amide bonds. The molecule has 2 N–H and O–H groups in total. The molecule has 1 aliphatic heterocycles. The molecule has 7 rings (SSSR count). The lowest BCUT2D eigenvalue weighted by atomic mass is 9.95. The van der Waals surface area contributed by atoms with Crippen LogP contribution in [0.4, 0.5) is 11.4 Å². The number of aromatic amines is 1. The third-order valence-corrected chi connectivity index (χ3v) is 9.46. The van der Waals surface area contributed by atoms with Gasteiger partial charge in [0.15, 0.2) is 5.82 Å². The molecule has 2 aliphatic rings. The topological polar surface area (TPSA) is 93.0 Å². The molecular formula is C34H41N7O2. The zero-order valence-electron chi connectivity index (χ0n) is 25.8. The van der Waals surface area contributed by atoms with Crippen LogP contribution in [0.1, 0.15) is 60.8 Å². The van der Waals surface area contributed by atoms with Crippen LogP contribution in [-0.4, -0.2) is 55.3 Å². The Bertz CT molecular complexity index is 1820. The maximum atomic E-state index is 13.7. The first kappa shape index (κ1) is 27.6. The summed E-state index contributed by atoms with van der Waals surface area (Å²) >= 11 is 0. The van der Waals surface area contributed by atoms with Crippen LogP contribution in [-0.2, 0) is 13.6 Å². The van der Waals surface area contributed by atoms with Gasteiger partial charge in [-0.05, 0) is 75.6 Å². The molecule has 1 atom stereocenters. The van der Waals surface area contributed by atoms with Crippen molar-refractivity contribution >= 4 is 39.2 Å². The first-order valence-electron chi connectivity index (χ1n) is 15.6. The second-order valence-corrected chi connectivity index (χ2v) is 12.5. The van der Waals surface area contributed by atoms with Gasteiger partial charge in [-0.15, -0.1) is 0 Å². The molecule has 1 saturated carbocycles. The Balaban J connectivity index is 1.34. The zero-order valence-corrected chi connectivity index (χ0v) is 25.8. The lowest BCUT2D eigenvalue weighted by Crippen LogP contribution is -2.39. The number of aromatic nitrogens is 5. The zero-order chi connectivity index (χ0) is 29.8. The standard InChI is InChI=1S/C34H41N7O2/c1-6-22-9-8-14-40(18-22)34(42)25-15-27-32(29(17-25)43-5)39(4)33(36-27)28-16-24-10-7-11-26(31(24)41(28)19-23-12-13-23)35-30-20(2)37-38-21(30)3/h7,10-11,15-17,22-23,35H,6,8-9,12-14,18-19H2,1-5H3,(H,37,38)/t22-/m1/s1. The van der Waals surface area contributed by atoms with E-state index in [1.54, 1.807) is 7.11 Å². The summed E-state index contributed by atoms with van der Waals surface area (Å²) in [6.45, 7) is 8.82. The summed E-state index contributed by atoms with van der Waals surface area (Å²) in [7, 11) is 3.72. The summed E-state index contributed by atoms with van der Waals surface area (Å²) < 4.78 is 10.4. The average molecular weight is 580 g/mol. The predicted molar refractivity (Wildman–Crippen MR) is 171 cm³/mol. The first-order valence-corrected chi connectivity index (χ1v) is 15.6.